The molecule has 3 heterocycles. The van der Waals surface area contributed by atoms with E-state index in [1.807, 2.05) is 6.07 Å². The molecule has 14 nitrogen and oxygen atoms in total. The molecule has 1 aliphatic rings. The summed E-state index contributed by atoms with van der Waals surface area (Å²) < 4.78 is 27.8. The molecule has 2 aromatic heterocycles. The molecular weight excluding hydrogens is 514 g/mol. The van der Waals surface area contributed by atoms with Gasteiger partial charge in [0.25, 0.3) is 0 Å². The third kappa shape index (κ3) is 6.73. The lowest BCUT2D eigenvalue weighted by Crippen LogP contribution is -2.39. The zero-order valence-electron chi connectivity index (χ0n) is 22.6. The van der Waals surface area contributed by atoms with Crippen molar-refractivity contribution in [2.24, 2.45) is 5.92 Å². The van der Waals surface area contributed by atoms with Crippen LogP contribution in [0, 0.1) is 17.2 Å². The predicted octanol–water partition coefficient (Wildman–Crippen LogP) is 2.68. The van der Waals surface area contributed by atoms with Crippen LogP contribution in [0.15, 0.2) is 18.5 Å². The number of fused-ring (bicyclic) bond motifs is 1. The number of hydrogen-bond acceptors (Lipinski definition) is 12. The van der Waals surface area contributed by atoms with Crippen molar-refractivity contribution in [3.63, 3.8) is 0 Å². The van der Waals surface area contributed by atoms with Gasteiger partial charge in [0.15, 0.2) is 5.82 Å². The lowest BCUT2D eigenvalue weighted by molar-refractivity contribution is -0.149. The Morgan fingerprint density at radius 3 is 2.41 bits per heavy atom. The average molecular weight is 548 g/mol. The van der Waals surface area contributed by atoms with Crippen LogP contribution in [0.2, 0.25) is 0 Å². The molecule has 1 saturated heterocycles. The van der Waals surface area contributed by atoms with Crippen molar-refractivity contribution in [2.75, 3.05) is 11.9 Å². The molecule has 2 aromatic rings. The highest BCUT2D eigenvalue weighted by Crippen LogP contribution is 2.45. The number of esters is 1. The number of nitrogens with one attached hydrogen (secondary N) is 1. The lowest BCUT2D eigenvalue weighted by Gasteiger charge is -2.25. The maximum atomic E-state index is 12.5. The van der Waals surface area contributed by atoms with Crippen molar-refractivity contribution in [3.05, 3.63) is 24.2 Å². The van der Waals surface area contributed by atoms with Gasteiger partial charge < -0.3 is 28.8 Å². The highest BCUT2D eigenvalue weighted by atomic mass is 16.7. The van der Waals surface area contributed by atoms with Gasteiger partial charge in [0.05, 0.1) is 30.4 Å². The quantitative estimate of drug-likeness (QED) is 0.346. The summed E-state index contributed by atoms with van der Waals surface area (Å²) in [4.78, 5) is 40.7. The number of carbonyl (C=O) groups excluding carboxylic acids is 3. The number of rotatable bonds is 9. The Labute approximate surface area is 225 Å². The highest BCUT2D eigenvalue weighted by Gasteiger charge is 2.58. The van der Waals surface area contributed by atoms with E-state index in [9.17, 15) is 24.8 Å². The van der Waals surface area contributed by atoms with Gasteiger partial charge in [-0.3, -0.25) is 10.1 Å². The predicted molar refractivity (Wildman–Crippen MR) is 133 cm³/mol. The van der Waals surface area contributed by atoms with Gasteiger partial charge in [0, 0.05) is 5.92 Å². The number of hydrogen-bond donors (Lipinski definition) is 2. The van der Waals surface area contributed by atoms with E-state index in [0.717, 1.165) is 6.33 Å². The molecule has 0 aliphatic carbocycles. The molecule has 3 rings (SSSR count). The van der Waals surface area contributed by atoms with E-state index < -0.39 is 60.8 Å². The van der Waals surface area contributed by atoms with Crippen LogP contribution in [0.4, 0.5) is 15.4 Å². The van der Waals surface area contributed by atoms with Crippen LogP contribution in [-0.4, -0.2) is 75.0 Å². The smallest absolute Gasteiger partial charge is 0.463 e. The Bertz CT molecular complexity index is 1240. The van der Waals surface area contributed by atoms with Crippen LogP contribution < -0.4 is 5.32 Å². The normalized spacial score (nSPS) is 22.6. The van der Waals surface area contributed by atoms with E-state index in [4.69, 9.17) is 23.7 Å². The summed E-state index contributed by atoms with van der Waals surface area (Å²) in [6, 6.07) is 5.02. The van der Waals surface area contributed by atoms with Crippen molar-refractivity contribution in [1.82, 2.24) is 14.6 Å². The minimum absolute atomic E-state index is 0.0934. The minimum atomic E-state index is -2.03. The average Bonchev–Trinajstić information content (AvgIpc) is 3.37. The molecule has 212 valence electrons. The Kier molecular flexibility index (Phi) is 9.31. The first kappa shape index (κ1) is 29.6. The number of anilines is 1. The molecule has 0 spiro atoms. The van der Waals surface area contributed by atoms with Crippen LogP contribution in [0.1, 0.15) is 53.7 Å². The number of aliphatic hydroxyl groups is 1. The number of aliphatic hydroxyl groups excluding tert-OH is 1. The van der Waals surface area contributed by atoms with Gasteiger partial charge in [-0.2, -0.15) is 10.4 Å². The molecule has 1 fully saturated rings. The molecule has 0 saturated carbocycles. The summed E-state index contributed by atoms with van der Waals surface area (Å²) in [5.41, 5.74) is -1.64. The van der Waals surface area contributed by atoms with Gasteiger partial charge in [-0.25, -0.2) is 19.1 Å². The lowest BCUT2D eigenvalue weighted by atomic mass is 9.85. The fourth-order valence-corrected chi connectivity index (χ4v) is 4.19. The molecule has 4 atom stereocenters. The van der Waals surface area contributed by atoms with Crippen LogP contribution >= 0.6 is 0 Å². The molecule has 1 aliphatic heterocycles. The first-order valence-corrected chi connectivity index (χ1v) is 12.5. The van der Waals surface area contributed by atoms with Crippen molar-refractivity contribution < 1.29 is 43.2 Å². The van der Waals surface area contributed by atoms with Crippen LogP contribution in [-0.2, 0) is 34.1 Å². The van der Waals surface area contributed by atoms with Gasteiger partial charge in [-0.05, 0) is 53.7 Å². The molecule has 0 unspecified atom stereocenters. The zero-order chi connectivity index (χ0) is 28.9. The van der Waals surface area contributed by atoms with Crippen molar-refractivity contribution in [1.29, 1.82) is 5.26 Å². The Hall–Kier alpha value is -3.96. The van der Waals surface area contributed by atoms with E-state index in [-0.39, 0.29) is 29.6 Å². The second-order valence-electron chi connectivity index (χ2n) is 9.79. The number of nitrogens with zero attached hydrogens (tertiary/aromatic N) is 4. The van der Waals surface area contributed by atoms with Crippen LogP contribution in [0.3, 0.4) is 0 Å². The molecule has 39 heavy (non-hydrogen) atoms. The summed E-state index contributed by atoms with van der Waals surface area (Å²) >= 11 is 0. The van der Waals surface area contributed by atoms with E-state index in [1.54, 1.807) is 41.5 Å². The summed E-state index contributed by atoms with van der Waals surface area (Å²) in [5.74, 6) is -1.52. The monoisotopic (exact) mass is 547 g/mol. The van der Waals surface area contributed by atoms with E-state index >= 15 is 0 Å². The van der Waals surface area contributed by atoms with Crippen molar-refractivity contribution >= 4 is 29.6 Å². The number of amides is 1. The van der Waals surface area contributed by atoms with Crippen LogP contribution in [0.25, 0.3) is 5.52 Å². The Morgan fingerprint density at radius 1 is 1.13 bits per heavy atom. The molecule has 0 radical (unpaired) electrons. The van der Waals surface area contributed by atoms with E-state index in [2.05, 4.69) is 15.4 Å². The summed E-state index contributed by atoms with van der Waals surface area (Å²) in [5, 5.41) is 28.4. The summed E-state index contributed by atoms with van der Waals surface area (Å²) in [7, 11) is 0. The molecule has 0 aromatic carbocycles. The number of nitriles is 1. The SMILES string of the molecule is CC(C)OC(=O)C[C@H]1[C@@H](O)[C@](C#N)(c2ccc3c(NC(=O)OC(C)C)ncnn23)O[C@@H]1COC(=O)OC(C)C. The van der Waals surface area contributed by atoms with Crippen molar-refractivity contribution in [2.45, 2.75) is 84.1 Å². The third-order valence-corrected chi connectivity index (χ3v) is 5.67. The Morgan fingerprint density at radius 2 is 1.79 bits per heavy atom. The number of carbonyl (C=O) groups is 3. The third-order valence-electron chi connectivity index (χ3n) is 5.67. The summed E-state index contributed by atoms with van der Waals surface area (Å²) in [6.45, 7) is 9.62. The summed E-state index contributed by atoms with van der Waals surface area (Å²) in [6.07, 6.45) is -4.73. The minimum Gasteiger partial charge on any atom is -0.463 e. The maximum absolute atomic E-state index is 12.5. The second kappa shape index (κ2) is 12.3. The maximum Gasteiger partial charge on any atom is 0.508 e. The largest absolute Gasteiger partial charge is 0.508 e. The molecule has 2 N–H and O–H groups in total. The standard InChI is InChI=1S/C25H33N5O9/c1-13(2)36-20(31)9-16-18(10-35-24(34)38-15(5)6)39-25(11-26,21(16)32)19-8-7-17-22(27-12-28-30(17)19)29-23(33)37-14(3)4/h7-8,12-16,18,21,32H,9-10H2,1-6H3,(H,27,28,29,33)/t16-,18-,21-,25+/m1/s1. The molecule has 1 amide bonds. The van der Waals surface area contributed by atoms with Crippen LogP contribution in [0.5, 0.6) is 0 Å². The van der Waals surface area contributed by atoms with E-state index in [1.165, 1.54) is 16.6 Å². The van der Waals surface area contributed by atoms with Gasteiger partial charge in [0.1, 0.15) is 36.7 Å². The van der Waals surface area contributed by atoms with Gasteiger partial charge in [-0.1, -0.05) is 0 Å². The highest BCUT2D eigenvalue weighted by molar-refractivity contribution is 5.88. The molecular formula is C25H33N5O9. The van der Waals surface area contributed by atoms with Crippen molar-refractivity contribution in [3.8, 4) is 6.07 Å². The number of aromatic nitrogens is 3. The van der Waals surface area contributed by atoms with Gasteiger partial charge in [0.2, 0.25) is 5.60 Å². The fraction of sp³-hybridized carbons (Fsp3) is 0.600. The Balaban J connectivity index is 1.97. The molecule has 14 heteroatoms. The van der Waals surface area contributed by atoms with E-state index in [0.29, 0.717) is 0 Å². The first-order chi connectivity index (χ1) is 18.4. The zero-order valence-corrected chi connectivity index (χ0v) is 22.6. The second-order valence-corrected chi connectivity index (χ2v) is 9.79. The first-order valence-electron chi connectivity index (χ1n) is 12.5. The van der Waals surface area contributed by atoms with Gasteiger partial charge in [-0.15, -0.1) is 0 Å². The fourth-order valence-electron chi connectivity index (χ4n) is 4.19. The number of ether oxygens (including phenoxy) is 5. The van der Waals surface area contributed by atoms with Gasteiger partial charge >= 0.3 is 18.2 Å². The molecule has 0 bridgehead atoms. The topological polar surface area (TPSA) is 184 Å².